The van der Waals surface area contributed by atoms with Crippen LogP contribution in [0.4, 0.5) is 0 Å². The molecule has 1 fully saturated rings. The van der Waals surface area contributed by atoms with Gasteiger partial charge in [0.1, 0.15) is 0 Å². The highest BCUT2D eigenvalue weighted by molar-refractivity contribution is 7.92. The minimum Gasteiger partial charge on any atom is -0.271 e. The van der Waals surface area contributed by atoms with Crippen LogP contribution in [0.2, 0.25) is 0 Å². The van der Waals surface area contributed by atoms with Gasteiger partial charge in [-0.25, -0.2) is 8.42 Å². The first-order valence-electron chi connectivity index (χ1n) is 6.70. The topological polar surface area (TPSA) is 72.2 Å². The molecular weight excluding hydrogens is 260 g/mol. The molecule has 0 saturated carbocycles. The quantitative estimate of drug-likeness (QED) is 0.655. The molecule has 0 aromatic heterocycles. The van der Waals surface area contributed by atoms with Crippen molar-refractivity contribution < 1.29 is 8.42 Å². The Kier molecular flexibility index (Phi) is 4.28. The third-order valence-electron chi connectivity index (χ3n) is 4.07. The van der Waals surface area contributed by atoms with Crippen LogP contribution in [0.25, 0.3) is 0 Å². The summed E-state index contributed by atoms with van der Waals surface area (Å²) in [4.78, 5) is 0. The number of aryl methyl sites for hydroxylation is 2. The van der Waals surface area contributed by atoms with Crippen LogP contribution in [-0.2, 0) is 9.84 Å². The fourth-order valence-corrected chi connectivity index (χ4v) is 4.82. The summed E-state index contributed by atoms with van der Waals surface area (Å²) >= 11 is 0. The molecule has 0 amide bonds. The fraction of sp³-hybridized carbons (Fsp3) is 0.571. The van der Waals surface area contributed by atoms with Crippen LogP contribution < -0.4 is 11.3 Å². The first-order valence-corrected chi connectivity index (χ1v) is 8.42. The lowest BCUT2D eigenvalue weighted by atomic mass is 9.97. The molecule has 3 N–H and O–H groups in total. The summed E-state index contributed by atoms with van der Waals surface area (Å²) in [6, 6.07) is 5.70. The second kappa shape index (κ2) is 5.61. The summed E-state index contributed by atoms with van der Waals surface area (Å²) in [6.45, 7) is 4.07. The Labute approximate surface area is 115 Å². The zero-order valence-electron chi connectivity index (χ0n) is 11.5. The second-order valence-corrected chi connectivity index (χ2v) is 7.73. The molecule has 0 spiro atoms. The number of rotatable bonds is 3. The van der Waals surface area contributed by atoms with Gasteiger partial charge in [0.2, 0.25) is 0 Å². The summed E-state index contributed by atoms with van der Waals surface area (Å²) in [7, 11) is -3.05. The van der Waals surface area contributed by atoms with Gasteiger partial charge in [0.15, 0.2) is 9.84 Å². The average Bonchev–Trinajstić information content (AvgIpc) is 2.36. The summed E-state index contributed by atoms with van der Waals surface area (Å²) in [5, 5.41) is -0.409. The van der Waals surface area contributed by atoms with E-state index in [1.165, 1.54) is 5.56 Å². The van der Waals surface area contributed by atoms with Crippen LogP contribution >= 0.6 is 0 Å². The van der Waals surface area contributed by atoms with Crippen LogP contribution in [0.5, 0.6) is 0 Å². The van der Waals surface area contributed by atoms with Gasteiger partial charge in [-0.15, -0.1) is 0 Å². The number of sulfone groups is 1. The van der Waals surface area contributed by atoms with Crippen LogP contribution in [0, 0.1) is 13.8 Å². The van der Waals surface area contributed by atoms with E-state index in [1.54, 1.807) is 0 Å². The van der Waals surface area contributed by atoms with E-state index in [-0.39, 0.29) is 11.8 Å². The number of hydrazine groups is 1. The molecule has 2 atom stereocenters. The molecule has 0 bridgehead atoms. The molecule has 2 unspecified atom stereocenters. The van der Waals surface area contributed by atoms with Gasteiger partial charge in [0, 0.05) is 0 Å². The largest absolute Gasteiger partial charge is 0.271 e. The van der Waals surface area contributed by atoms with Gasteiger partial charge in [-0.2, -0.15) is 0 Å². The van der Waals surface area contributed by atoms with E-state index in [0.29, 0.717) is 6.42 Å². The van der Waals surface area contributed by atoms with Crippen LogP contribution in [0.1, 0.15) is 42.0 Å². The second-order valence-electron chi connectivity index (χ2n) is 5.39. The first kappa shape index (κ1) is 14.5. The lowest BCUT2D eigenvalue weighted by Crippen LogP contribution is -2.43. The van der Waals surface area contributed by atoms with Crippen molar-refractivity contribution in [3.05, 3.63) is 34.9 Å². The van der Waals surface area contributed by atoms with E-state index >= 15 is 0 Å². The summed E-state index contributed by atoms with van der Waals surface area (Å²) in [6.07, 6.45) is 2.40. The highest BCUT2D eigenvalue weighted by Crippen LogP contribution is 2.31. The summed E-state index contributed by atoms with van der Waals surface area (Å²) < 4.78 is 24.4. The Hall–Kier alpha value is -0.910. The number of hydrogen-bond acceptors (Lipinski definition) is 4. The van der Waals surface area contributed by atoms with Gasteiger partial charge in [0.25, 0.3) is 0 Å². The Morgan fingerprint density at radius 2 is 2.00 bits per heavy atom. The van der Waals surface area contributed by atoms with E-state index in [4.69, 9.17) is 5.84 Å². The van der Waals surface area contributed by atoms with Crippen molar-refractivity contribution in [2.24, 2.45) is 5.84 Å². The van der Waals surface area contributed by atoms with E-state index in [1.807, 2.05) is 32.0 Å². The van der Waals surface area contributed by atoms with Gasteiger partial charge >= 0.3 is 0 Å². The Bertz CT molecular complexity index is 555. The maximum Gasteiger partial charge on any atom is 0.155 e. The van der Waals surface area contributed by atoms with Crippen molar-refractivity contribution in [3.8, 4) is 0 Å². The van der Waals surface area contributed by atoms with Crippen molar-refractivity contribution in [2.45, 2.75) is 44.4 Å². The molecule has 1 heterocycles. The van der Waals surface area contributed by atoms with Gasteiger partial charge in [0.05, 0.1) is 17.0 Å². The van der Waals surface area contributed by atoms with Gasteiger partial charge in [-0.1, -0.05) is 24.6 Å². The Balaban J connectivity index is 2.36. The molecule has 19 heavy (non-hydrogen) atoms. The van der Waals surface area contributed by atoms with Crippen molar-refractivity contribution in [1.29, 1.82) is 0 Å². The Morgan fingerprint density at radius 1 is 1.26 bits per heavy atom. The summed E-state index contributed by atoms with van der Waals surface area (Å²) in [5.41, 5.74) is 6.03. The van der Waals surface area contributed by atoms with Crippen LogP contribution in [-0.4, -0.2) is 19.4 Å². The molecule has 0 radical (unpaired) electrons. The number of nitrogens with one attached hydrogen (secondary N) is 1. The zero-order valence-corrected chi connectivity index (χ0v) is 12.3. The molecular formula is C14H22N2O2S. The zero-order chi connectivity index (χ0) is 14.0. The van der Waals surface area contributed by atoms with Gasteiger partial charge in [-0.05, 0) is 43.4 Å². The van der Waals surface area contributed by atoms with E-state index in [0.717, 1.165) is 24.0 Å². The van der Waals surface area contributed by atoms with Crippen molar-refractivity contribution >= 4 is 9.84 Å². The molecule has 5 heteroatoms. The molecule has 1 saturated heterocycles. The van der Waals surface area contributed by atoms with Crippen molar-refractivity contribution in [1.82, 2.24) is 5.43 Å². The van der Waals surface area contributed by atoms with E-state index < -0.39 is 15.1 Å². The van der Waals surface area contributed by atoms with Crippen molar-refractivity contribution in [3.63, 3.8) is 0 Å². The van der Waals surface area contributed by atoms with Crippen LogP contribution in [0.15, 0.2) is 18.2 Å². The van der Waals surface area contributed by atoms with E-state index in [9.17, 15) is 8.42 Å². The summed E-state index contributed by atoms with van der Waals surface area (Å²) in [5.74, 6) is 5.91. The normalized spacial score (nSPS) is 24.1. The molecule has 1 aromatic rings. The maximum atomic E-state index is 12.2. The van der Waals surface area contributed by atoms with Gasteiger partial charge < -0.3 is 0 Å². The highest BCUT2D eigenvalue weighted by atomic mass is 32.2. The predicted molar refractivity (Wildman–Crippen MR) is 77.4 cm³/mol. The lowest BCUT2D eigenvalue weighted by molar-refractivity contribution is 0.453. The molecule has 1 aromatic carbocycles. The van der Waals surface area contributed by atoms with Crippen LogP contribution in [0.3, 0.4) is 0 Å². The number of benzene rings is 1. The molecule has 0 aliphatic carbocycles. The Morgan fingerprint density at radius 3 is 2.58 bits per heavy atom. The standard InChI is InChI=1S/C14H22N2O2S/c1-10-6-7-12(9-11(10)2)14(16-15)13-5-3-4-8-19(13,17)18/h6-7,9,13-14,16H,3-5,8,15H2,1-2H3. The first-order chi connectivity index (χ1) is 8.95. The smallest absolute Gasteiger partial charge is 0.155 e. The highest BCUT2D eigenvalue weighted by Gasteiger charge is 2.35. The minimum atomic E-state index is -3.05. The molecule has 1 aliphatic rings. The number of nitrogens with two attached hydrogens (primary N) is 1. The SMILES string of the molecule is Cc1ccc(C(NN)C2CCCCS2(=O)=O)cc1C. The molecule has 1 aliphatic heterocycles. The molecule has 106 valence electrons. The number of hydrogen-bond donors (Lipinski definition) is 2. The maximum absolute atomic E-state index is 12.2. The predicted octanol–water partition coefficient (Wildman–Crippen LogP) is 1.78. The third kappa shape index (κ3) is 2.99. The lowest BCUT2D eigenvalue weighted by Gasteiger charge is -2.30. The monoisotopic (exact) mass is 282 g/mol. The van der Waals surface area contributed by atoms with Crippen molar-refractivity contribution in [2.75, 3.05) is 5.75 Å². The van der Waals surface area contributed by atoms with Gasteiger partial charge in [-0.3, -0.25) is 11.3 Å². The molecule has 2 rings (SSSR count). The third-order valence-corrected chi connectivity index (χ3v) is 6.36. The average molecular weight is 282 g/mol. The minimum absolute atomic E-state index is 0.278. The molecule has 4 nitrogen and oxygen atoms in total. The van der Waals surface area contributed by atoms with E-state index in [2.05, 4.69) is 5.43 Å². The fourth-order valence-electron chi connectivity index (χ4n) is 2.73.